The molecule has 6 nitrogen and oxygen atoms in total. The van der Waals surface area contributed by atoms with Gasteiger partial charge in [0, 0.05) is 38.1 Å². The minimum Gasteiger partial charge on any atom is -0.468 e. The number of pyridine rings is 1. The van der Waals surface area contributed by atoms with Crippen LogP contribution in [0.15, 0.2) is 12.3 Å². The second-order valence-corrected chi connectivity index (χ2v) is 5.36. The lowest BCUT2D eigenvalue weighted by atomic mass is 10.2. The summed E-state index contributed by atoms with van der Waals surface area (Å²) in [4.78, 5) is 31.4. The summed E-state index contributed by atoms with van der Waals surface area (Å²) >= 11 is 6.10. The molecule has 1 amide bonds. The first-order valence-electron chi connectivity index (χ1n) is 6.72. The summed E-state index contributed by atoms with van der Waals surface area (Å²) in [6.45, 7) is 4.46. The standard InChI is InChI=1S/C14H18ClN3O3/c1-10-7-12(15)11(8-16-10)14(20)18-5-3-17(4-6-18)9-13(19)21-2/h7-8H,3-6,9H2,1-2H3. The van der Waals surface area contributed by atoms with Crippen LogP contribution in [0.4, 0.5) is 0 Å². The summed E-state index contributed by atoms with van der Waals surface area (Å²) in [6, 6.07) is 1.68. The van der Waals surface area contributed by atoms with Gasteiger partial charge in [0.05, 0.1) is 24.2 Å². The second kappa shape index (κ2) is 6.87. The Labute approximate surface area is 128 Å². The molecule has 2 rings (SSSR count). The number of ether oxygens (including phenoxy) is 1. The minimum atomic E-state index is -0.263. The number of nitrogens with zero attached hydrogens (tertiary/aromatic N) is 3. The lowest BCUT2D eigenvalue weighted by Crippen LogP contribution is -2.50. The summed E-state index contributed by atoms with van der Waals surface area (Å²) in [5.74, 6) is -0.384. The predicted molar refractivity (Wildman–Crippen MR) is 78.3 cm³/mol. The van der Waals surface area contributed by atoms with Crippen LogP contribution in [-0.4, -0.2) is 66.5 Å². The van der Waals surface area contributed by atoms with E-state index >= 15 is 0 Å². The molecule has 21 heavy (non-hydrogen) atoms. The molecule has 0 unspecified atom stereocenters. The Balaban J connectivity index is 1.95. The predicted octanol–water partition coefficient (Wildman–Crippen LogP) is 0.974. The maximum absolute atomic E-state index is 12.4. The molecule has 0 radical (unpaired) electrons. The van der Waals surface area contributed by atoms with Gasteiger partial charge in [-0.3, -0.25) is 19.5 Å². The lowest BCUT2D eigenvalue weighted by Gasteiger charge is -2.34. The van der Waals surface area contributed by atoms with Crippen molar-refractivity contribution >= 4 is 23.5 Å². The molecular formula is C14H18ClN3O3. The maximum Gasteiger partial charge on any atom is 0.319 e. The second-order valence-electron chi connectivity index (χ2n) is 4.95. The Morgan fingerprint density at radius 2 is 2.00 bits per heavy atom. The van der Waals surface area contributed by atoms with Gasteiger partial charge < -0.3 is 9.64 Å². The van der Waals surface area contributed by atoms with Gasteiger partial charge in [-0.05, 0) is 13.0 Å². The van der Waals surface area contributed by atoms with Crippen molar-refractivity contribution in [1.29, 1.82) is 0 Å². The van der Waals surface area contributed by atoms with Gasteiger partial charge in [0.15, 0.2) is 0 Å². The highest BCUT2D eigenvalue weighted by Crippen LogP contribution is 2.18. The van der Waals surface area contributed by atoms with E-state index in [1.165, 1.54) is 13.3 Å². The first-order chi connectivity index (χ1) is 10.0. The molecule has 2 heterocycles. The van der Waals surface area contributed by atoms with Crippen LogP contribution in [-0.2, 0) is 9.53 Å². The SMILES string of the molecule is COC(=O)CN1CCN(C(=O)c2cnc(C)cc2Cl)CC1. The van der Waals surface area contributed by atoms with Crippen LogP contribution in [0.2, 0.25) is 5.02 Å². The lowest BCUT2D eigenvalue weighted by molar-refractivity contribution is -0.142. The Bertz CT molecular complexity index is 542. The molecule has 7 heteroatoms. The van der Waals surface area contributed by atoms with Gasteiger partial charge in [0.1, 0.15) is 0 Å². The zero-order valence-electron chi connectivity index (χ0n) is 12.1. The number of rotatable bonds is 3. The van der Waals surface area contributed by atoms with Crippen LogP contribution >= 0.6 is 11.6 Å². The number of esters is 1. The summed E-state index contributed by atoms with van der Waals surface area (Å²) in [5.41, 5.74) is 1.20. The summed E-state index contributed by atoms with van der Waals surface area (Å²) in [5, 5.41) is 0.421. The number of carbonyl (C=O) groups is 2. The normalized spacial score (nSPS) is 15.9. The van der Waals surface area contributed by atoms with Gasteiger partial charge in [-0.25, -0.2) is 0 Å². The fourth-order valence-corrected chi connectivity index (χ4v) is 2.50. The largest absolute Gasteiger partial charge is 0.468 e. The molecule has 0 saturated carbocycles. The number of carbonyl (C=O) groups excluding carboxylic acids is 2. The molecule has 0 aliphatic carbocycles. The van der Waals surface area contributed by atoms with Crippen LogP contribution in [0.3, 0.4) is 0 Å². The molecule has 1 fully saturated rings. The van der Waals surface area contributed by atoms with E-state index in [4.69, 9.17) is 11.6 Å². The average Bonchev–Trinajstić information content (AvgIpc) is 2.47. The number of methoxy groups -OCH3 is 1. The number of aromatic nitrogens is 1. The highest BCUT2D eigenvalue weighted by Gasteiger charge is 2.24. The fraction of sp³-hybridized carbons (Fsp3) is 0.500. The number of hydrogen-bond acceptors (Lipinski definition) is 5. The number of halogens is 1. The Hall–Kier alpha value is -1.66. The molecule has 0 bridgehead atoms. The highest BCUT2D eigenvalue weighted by atomic mass is 35.5. The molecule has 0 aromatic carbocycles. The molecule has 1 aromatic rings. The Morgan fingerprint density at radius 1 is 1.33 bits per heavy atom. The number of hydrogen-bond donors (Lipinski definition) is 0. The van der Waals surface area contributed by atoms with E-state index in [1.54, 1.807) is 11.0 Å². The van der Waals surface area contributed by atoms with E-state index in [9.17, 15) is 9.59 Å². The zero-order chi connectivity index (χ0) is 15.4. The molecule has 0 N–H and O–H groups in total. The van der Waals surface area contributed by atoms with Crippen LogP contribution < -0.4 is 0 Å². The zero-order valence-corrected chi connectivity index (χ0v) is 12.9. The van der Waals surface area contributed by atoms with E-state index < -0.39 is 0 Å². The van der Waals surface area contributed by atoms with Gasteiger partial charge in [-0.1, -0.05) is 11.6 Å². The van der Waals surface area contributed by atoms with Crippen LogP contribution in [0.1, 0.15) is 16.1 Å². The molecule has 1 saturated heterocycles. The smallest absolute Gasteiger partial charge is 0.319 e. The van der Waals surface area contributed by atoms with E-state index in [-0.39, 0.29) is 18.4 Å². The average molecular weight is 312 g/mol. The third kappa shape index (κ3) is 3.92. The first-order valence-corrected chi connectivity index (χ1v) is 7.09. The minimum absolute atomic E-state index is 0.120. The molecule has 1 aromatic heterocycles. The van der Waals surface area contributed by atoms with Crippen LogP contribution in [0.25, 0.3) is 0 Å². The maximum atomic E-state index is 12.4. The summed E-state index contributed by atoms with van der Waals surface area (Å²) in [7, 11) is 1.37. The number of piperazine rings is 1. The monoisotopic (exact) mass is 311 g/mol. The fourth-order valence-electron chi connectivity index (χ4n) is 2.21. The molecular weight excluding hydrogens is 294 g/mol. The van der Waals surface area contributed by atoms with Crippen molar-refractivity contribution in [1.82, 2.24) is 14.8 Å². The first kappa shape index (κ1) is 15.7. The number of aryl methyl sites for hydroxylation is 1. The highest BCUT2D eigenvalue weighted by molar-refractivity contribution is 6.33. The van der Waals surface area contributed by atoms with Crippen molar-refractivity contribution in [2.75, 3.05) is 39.8 Å². The Morgan fingerprint density at radius 3 is 2.57 bits per heavy atom. The third-order valence-electron chi connectivity index (χ3n) is 3.46. The summed E-state index contributed by atoms with van der Waals surface area (Å²) in [6.07, 6.45) is 1.51. The van der Waals surface area contributed by atoms with Crippen molar-refractivity contribution in [2.24, 2.45) is 0 Å². The van der Waals surface area contributed by atoms with Gasteiger partial charge in [-0.15, -0.1) is 0 Å². The van der Waals surface area contributed by atoms with Crippen molar-refractivity contribution < 1.29 is 14.3 Å². The molecule has 0 atom stereocenters. The van der Waals surface area contributed by atoms with Crippen molar-refractivity contribution in [3.8, 4) is 0 Å². The van der Waals surface area contributed by atoms with Gasteiger partial charge in [-0.2, -0.15) is 0 Å². The third-order valence-corrected chi connectivity index (χ3v) is 3.77. The van der Waals surface area contributed by atoms with Crippen LogP contribution in [0.5, 0.6) is 0 Å². The van der Waals surface area contributed by atoms with Crippen molar-refractivity contribution in [3.63, 3.8) is 0 Å². The van der Waals surface area contributed by atoms with E-state index in [0.29, 0.717) is 36.8 Å². The van der Waals surface area contributed by atoms with Crippen molar-refractivity contribution in [2.45, 2.75) is 6.92 Å². The van der Waals surface area contributed by atoms with Gasteiger partial charge in [0.2, 0.25) is 0 Å². The van der Waals surface area contributed by atoms with Gasteiger partial charge >= 0.3 is 5.97 Å². The Kier molecular flexibility index (Phi) is 5.14. The van der Waals surface area contributed by atoms with E-state index in [1.807, 2.05) is 11.8 Å². The number of amides is 1. The molecule has 0 spiro atoms. The van der Waals surface area contributed by atoms with E-state index in [2.05, 4.69) is 9.72 Å². The van der Waals surface area contributed by atoms with Crippen molar-refractivity contribution in [3.05, 3.63) is 28.5 Å². The molecule has 1 aliphatic heterocycles. The van der Waals surface area contributed by atoms with Gasteiger partial charge in [0.25, 0.3) is 5.91 Å². The quantitative estimate of drug-likeness (QED) is 0.779. The molecule has 1 aliphatic rings. The van der Waals surface area contributed by atoms with Crippen LogP contribution in [0, 0.1) is 6.92 Å². The molecule has 114 valence electrons. The van der Waals surface area contributed by atoms with E-state index in [0.717, 1.165) is 5.69 Å². The topological polar surface area (TPSA) is 62.7 Å². The summed E-state index contributed by atoms with van der Waals surface area (Å²) < 4.78 is 4.64.